The lowest BCUT2D eigenvalue weighted by Gasteiger charge is -2.19. The van der Waals surface area contributed by atoms with Crippen LogP contribution in [-0.2, 0) is 9.59 Å². The zero-order valence-electron chi connectivity index (χ0n) is 11.2. The van der Waals surface area contributed by atoms with Crippen molar-refractivity contribution in [3.63, 3.8) is 0 Å². The van der Waals surface area contributed by atoms with Crippen molar-refractivity contribution >= 4 is 17.9 Å². The van der Waals surface area contributed by atoms with Crippen molar-refractivity contribution in [2.24, 2.45) is 0 Å². The van der Waals surface area contributed by atoms with E-state index >= 15 is 0 Å². The van der Waals surface area contributed by atoms with Gasteiger partial charge in [-0.2, -0.15) is 0 Å². The Balaban J connectivity index is 1.72. The highest BCUT2D eigenvalue weighted by Gasteiger charge is 2.19. The van der Waals surface area contributed by atoms with E-state index in [9.17, 15) is 9.59 Å². The summed E-state index contributed by atoms with van der Waals surface area (Å²) in [4.78, 5) is 32.9. The Bertz CT molecular complexity index is 639. The lowest BCUT2D eigenvalue weighted by Crippen LogP contribution is -2.37. The summed E-state index contributed by atoms with van der Waals surface area (Å²) < 4.78 is 10.6. The molecule has 21 heavy (non-hydrogen) atoms. The van der Waals surface area contributed by atoms with E-state index in [1.54, 1.807) is 6.08 Å². The summed E-state index contributed by atoms with van der Waals surface area (Å²) >= 11 is 0. The molecule has 108 valence electrons. The monoisotopic (exact) mass is 287 g/mol. The maximum absolute atomic E-state index is 12.0. The average molecular weight is 287 g/mol. The molecule has 1 aromatic heterocycles. The van der Waals surface area contributed by atoms with E-state index in [2.05, 4.69) is 9.97 Å². The van der Waals surface area contributed by atoms with Crippen molar-refractivity contribution in [1.82, 2.24) is 14.9 Å². The highest BCUT2D eigenvalue weighted by Crippen LogP contribution is 2.24. The van der Waals surface area contributed by atoms with Gasteiger partial charge in [0.1, 0.15) is 13.2 Å². The van der Waals surface area contributed by atoms with E-state index in [0.29, 0.717) is 43.6 Å². The van der Waals surface area contributed by atoms with Gasteiger partial charge in [0.2, 0.25) is 0 Å². The fraction of sp³-hybridized carbons (Fsp3) is 0.286. The summed E-state index contributed by atoms with van der Waals surface area (Å²) in [5.74, 6) is -0.0147. The van der Waals surface area contributed by atoms with Crippen LogP contribution in [0.25, 0.3) is 6.08 Å². The Kier molecular flexibility index (Phi) is 3.63. The summed E-state index contributed by atoms with van der Waals surface area (Å²) in [5.41, 5.74) is 0.465. The fourth-order valence-electron chi connectivity index (χ4n) is 1.98. The van der Waals surface area contributed by atoms with Crippen molar-refractivity contribution in [2.45, 2.75) is 6.42 Å². The molecule has 0 bridgehead atoms. The van der Waals surface area contributed by atoms with Crippen LogP contribution in [0.4, 0.5) is 0 Å². The molecular formula is C14H13N3O4. The van der Waals surface area contributed by atoms with Crippen molar-refractivity contribution in [2.75, 3.05) is 19.8 Å². The number of aromatic nitrogens is 2. The zero-order chi connectivity index (χ0) is 14.7. The van der Waals surface area contributed by atoms with Crippen LogP contribution >= 0.6 is 0 Å². The second-order valence-corrected chi connectivity index (χ2v) is 4.45. The Morgan fingerprint density at radius 1 is 1.29 bits per heavy atom. The molecule has 0 radical (unpaired) electrons. The molecule has 7 heteroatoms. The Morgan fingerprint density at radius 3 is 2.90 bits per heavy atom. The lowest BCUT2D eigenvalue weighted by atomic mass is 10.2. The number of hydrogen-bond acceptors (Lipinski definition) is 6. The molecule has 3 heterocycles. The van der Waals surface area contributed by atoms with Crippen LogP contribution in [0.3, 0.4) is 0 Å². The van der Waals surface area contributed by atoms with E-state index in [4.69, 9.17) is 9.47 Å². The van der Waals surface area contributed by atoms with Crippen molar-refractivity contribution in [3.8, 4) is 11.8 Å². The zero-order valence-corrected chi connectivity index (χ0v) is 11.2. The SMILES string of the molecule is O=C1C=CCCN1C(=O)/C=C/c1cnc2c(n1)OCCO2. The lowest BCUT2D eigenvalue weighted by molar-refractivity contribution is -0.139. The van der Waals surface area contributed by atoms with Crippen molar-refractivity contribution in [1.29, 1.82) is 0 Å². The number of rotatable bonds is 2. The maximum atomic E-state index is 12.0. The normalized spacial score (nSPS) is 17.3. The molecule has 2 amide bonds. The summed E-state index contributed by atoms with van der Waals surface area (Å²) in [6.07, 6.45) is 8.11. The van der Waals surface area contributed by atoms with Crippen LogP contribution in [0.5, 0.6) is 11.8 Å². The topological polar surface area (TPSA) is 81.6 Å². The molecular weight excluding hydrogens is 274 g/mol. The Hall–Kier alpha value is -2.70. The van der Waals surface area contributed by atoms with Crippen molar-refractivity contribution in [3.05, 3.63) is 30.1 Å². The number of carbonyl (C=O) groups is 2. The third-order valence-electron chi connectivity index (χ3n) is 3.00. The predicted molar refractivity (Wildman–Crippen MR) is 72.5 cm³/mol. The number of nitrogens with zero attached hydrogens (tertiary/aromatic N) is 3. The van der Waals surface area contributed by atoms with E-state index < -0.39 is 0 Å². The van der Waals surface area contributed by atoms with Gasteiger partial charge in [0, 0.05) is 12.6 Å². The minimum atomic E-state index is -0.374. The number of amides is 2. The Labute approximate surface area is 120 Å². The molecule has 3 rings (SSSR count). The molecule has 0 fully saturated rings. The average Bonchev–Trinajstić information content (AvgIpc) is 2.53. The van der Waals surface area contributed by atoms with Gasteiger partial charge in [-0.1, -0.05) is 6.08 Å². The summed E-state index contributed by atoms with van der Waals surface area (Å²) in [7, 11) is 0. The van der Waals surface area contributed by atoms with Crippen LogP contribution in [-0.4, -0.2) is 46.4 Å². The predicted octanol–water partition coefficient (Wildman–Crippen LogP) is 0.576. The second-order valence-electron chi connectivity index (χ2n) is 4.45. The maximum Gasteiger partial charge on any atom is 0.278 e. The van der Waals surface area contributed by atoms with Gasteiger partial charge >= 0.3 is 0 Å². The van der Waals surface area contributed by atoms with Crippen molar-refractivity contribution < 1.29 is 19.1 Å². The quantitative estimate of drug-likeness (QED) is 0.740. The number of carbonyl (C=O) groups excluding carboxylic acids is 2. The molecule has 0 aromatic carbocycles. The molecule has 0 aliphatic carbocycles. The first-order valence-electron chi connectivity index (χ1n) is 6.57. The summed E-state index contributed by atoms with van der Waals surface area (Å²) in [5, 5.41) is 0. The molecule has 0 atom stereocenters. The van der Waals surface area contributed by atoms with Crippen LogP contribution in [0.2, 0.25) is 0 Å². The first kappa shape index (κ1) is 13.3. The molecule has 0 N–H and O–H groups in total. The molecule has 1 aromatic rings. The van der Waals surface area contributed by atoms with E-state index in [0.717, 1.165) is 0 Å². The van der Waals surface area contributed by atoms with Crippen LogP contribution in [0.15, 0.2) is 24.4 Å². The molecule has 2 aliphatic heterocycles. The number of fused-ring (bicyclic) bond motifs is 1. The second kappa shape index (κ2) is 5.74. The number of imide groups is 1. The smallest absolute Gasteiger partial charge is 0.278 e. The number of hydrogen-bond donors (Lipinski definition) is 0. The van der Waals surface area contributed by atoms with Crippen LogP contribution < -0.4 is 9.47 Å². The largest absolute Gasteiger partial charge is 0.470 e. The molecule has 7 nitrogen and oxygen atoms in total. The Morgan fingerprint density at radius 2 is 2.10 bits per heavy atom. The fourth-order valence-corrected chi connectivity index (χ4v) is 1.98. The first-order valence-corrected chi connectivity index (χ1v) is 6.57. The summed E-state index contributed by atoms with van der Waals surface area (Å²) in [6, 6.07) is 0. The van der Waals surface area contributed by atoms with Gasteiger partial charge in [-0.3, -0.25) is 14.5 Å². The number of ether oxygens (including phenoxy) is 2. The van der Waals surface area contributed by atoms with Crippen LogP contribution in [0, 0.1) is 0 Å². The molecule has 2 aliphatic rings. The van der Waals surface area contributed by atoms with Gasteiger partial charge in [-0.15, -0.1) is 0 Å². The standard InChI is InChI=1S/C14H13N3O4/c18-11-3-1-2-6-17(11)12(19)5-4-10-9-15-13-14(16-10)21-8-7-20-13/h1,3-5,9H,2,6-8H2/b5-4+. The third-order valence-corrected chi connectivity index (χ3v) is 3.00. The molecule has 0 saturated carbocycles. The van der Waals surface area contributed by atoms with Gasteiger partial charge in [0.25, 0.3) is 23.6 Å². The molecule has 0 spiro atoms. The summed E-state index contributed by atoms with van der Waals surface area (Å²) in [6.45, 7) is 1.26. The van der Waals surface area contributed by atoms with E-state index in [-0.39, 0.29) is 11.8 Å². The van der Waals surface area contributed by atoms with Gasteiger partial charge in [0.15, 0.2) is 0 Å². The third kappa shape index (κ3) is 2.91. The minimum Gasteiger partial charge on any atom is -0.470 e. The van der Waals surface area contributed by atoms with Gasteiger partial charge < -0.3 is 9.47 Å². The highest BCUT2D eigenvalue weighted by atomic mass is 16.6. The van der Waals surface area contributed by atoms with Gasteiger partial charge in [0.05, 0.1) is 11.9 Å². The molecule has 0 unspecified atom stereocenters. The van der Waals surface area contributed by atoms with Gasteiger partial charge in [-0.25, -0.2) is 9.97 Å². The minimum absolute atomic E-state index is 0.302. The first-order chi connectivity index (χ1) is 10.2. The van der Waals surface area contributed by atoms with Gasteiger partial charge in [-0.05, 0) is 18.6 Å². The molecule has 0 saturated heterocycles. The van der Waals surface area contributed by atoms with E-state index in [1.165, 1.54) is 29.3 Å². The van der Waals surface area contributed by atoms with E-state index in [1.807, 2.05) is 0 Å². The van der Waals surface area contributed by atoms with Crippen LogP contribution in [0.1, 0.15) is 12.1 Å². The highest BCUT2D eigenvalue weighted by molar-refractivity contribution is 6.06.